The maximum atomic E-state index is 9.47. The van der Waals surface area contributed by atoms with Crippen LogP contribution in [0.2, 0.25) is 5.02 Å². The van der Waals surface area contributed by atoms with Crippen molar-refractivity contribution >= 4 is 11.6 Å². The van der Waals surface area contributed by atoms with Gasteiger partial charge in [-0.2, -0.15) is 5.26 Å². The van der Waals surface area contributed by atoms with Gasteiger partial charge in [0.2, 0.25) is 0 Å². The van der Waals surface area contributed by atoms with Crippen molar-refractivity contribution in [2.45, 2.75) is 25.0 Å². The number of benzene rings is 1. The van der Waals surface area contributed by atoms with Gasteiger partial charge < -0.3 is 5.11 Å². The molecular formula is C13H15ClN2O. The largest absolute Gasteiger partial charge is 0.393 e. The minimum atomic E-state index is -0.263. The first-order valence-corrected chi connectivity index (χ1v) is 6.15. The smallest absolute Gasteiger partial charge is 0.123 e. The summed E-state index contributed by atoms with van der Waals surface area (Å²) in [5.41, 5.74) is 0.927. The molecule has 1 fully saturated rings. The number of likely N-dealkylation sites (tertiary alicyclic amines) is 1. The van der Waals surface area contributed by atoms with Crippen LogP contribution in [-0.2, 0) is 0 Å². The quantitative estimate of drug-likeness (QED) is 0.877. The highest BCUT2D eigenvalue weighted by Crippen LogP contribution is 2.25. The molecule has 1 aromatic carbocycles. The second kappa shape index (κ2) is 5.50. The minimum absolute atomic E-state index is 0.218. The number of rotatable bonds is 2. The van der Waals surface area contributed by atoms with E-state index >= 15 is 0 Å². The summed E-state index contributed by atoms with van der Waals surface area (Å²) in [5.74, 6) is 0. The van der Waals surface area contributed by atoms with E-state index in [0.717, 1.165) is 31.5 Å². The summed E-state index contributed by atoms with van der Waals surface area (Å²) in [6, 6.07) is 9.48. The van der Waals surface area contributed by atoms with Gasteiger partial charge in [0, 0.05) is 18.1 Å². The molecule has 1 aliphatic heterocycles. The maximum absolute atomic E-state index is 9.47. The molecule has 0 amide bonds. The molecule has 3 nitrogen and oxygen atoms in total. The van der Waals surface area contributed by atoms with Gasteiger partial charge in [-0.1, -0.05) is 23.7 Å². The van der Waals surface area contributed by atoms with E-state index in [4.69, 9.17) is 11.6 Å². The molecule has 1 heterocycles. The van der Waals surface area contributed by atoms with Crippen LogP contribution >= 0.6 is 11.6 Å². The van der Waals surface area contributed by atoms with Gasteiger partial charge >= 0.3 is 0 Å². The molecule has 0 bridgehead atoms. The fraction of sp³-hybridized carbons (Fsp3) is 0.462. The Bertz CT molecular complexity index is 422. The summed E-state index contributed by atoms with van der Waals surface area (Å²) in [6.45, 7) is 1.51. The summed E-state index contributed by atoms with van der Waals surface area (Å²) < 4.78 is 0. The lowest BCUT2D eigenvalue weighted by Gasteiger charge is -2.32. The predicted octanol–water partition coefficient (Wildman–Crippen LogP) is 2.36. The first-order chi connectivity index (χ1) is 8.20. The van der Waals surface area contributed by atoms with E-state index in [1.807, 2.05) is 18.2 Å². The second-order valence-corrected chi connectivity index (χ2v) is 4.79. The molecule has 1 aliphatic rings. The Balaban J connectivity index is 2.14. The van der Waals surface area contributed by atoms with E-state index in [1.165, 1.54) is 0 Å². The number of hydrogen-bond acceptors (Lipinski definition) is 3. The van der Waals surface area contributed by atoms with Crippen molar-refractivity contribution < 1.29 is 5.11 Å². The van der Waals surface area contributed by atoms with E-state index in [9.17, 15) is 10.4 Å². The minimum Gasteiger partial charge on any atom is -0.393 e. The van der Waals surface area contributed by atoms with Gasteiger partial charge in [0.25, 0.3) is 0 Å². The normalized spacial score (nSPS) is 19.8. The Kier molecular flexibility index (Phi) is 4.01. The van der Waals surface area contributed by atoms with Gasteiger partial charge in [-0.3, -0.25) is 4.90 Å². The summed E-state index contributed by atoms with van der Waals surface area (Å²) in [4.78, 5) is 2.10. The van der Waals surface area contributed by atoms with Crippen molar-refractivity contribution in [2.24, 2.45) is 0 Å². The number of hydrogen-bond donors (Lipinski definition) is 1. The zero-order chi connectivity index (χ0) is 12.3. The molecule has 0 aromatic heterocycles. The third kappa shape index (κ3) is 2.98. The first-order valence-electron chi connectivity index (χ1n) is 5.78. The third-order valence-corrected chi connectivity index (χ3v) is 3.39. The van der Waals surface area contributed by atoms with Crippen molar-refractivity contribution in [2.75, 3.05) is 13.1 Å². The molecule has 0 spiro atoms. The predicted molar refractivity (Wildman–Crippen MR) is 66.6 cm³/mol. The molecular weight excluding hydrogens is 236 g/mol. The van der Waals surface area contributed by atoms with Crippen molar-refractivity contribution in [3.8, 4) is 6.07 Å². The molecule has 1 atom stereocenters. The molecule has 0 radical (unpaired) electrons. The lowest BCUT2D eigenvalue weighted by atomic mass is 10.0. The number of aliphatic hydroxyl groups excluding tert-OH is 1. The molecule has 1 unspecified atom stereocenters. The SMILES string of the molecule is N#CC(c1cccc(Cl)c1)N1CCC(O)CC1. The molecule has 1 N–H and O–H groups in total. The Labute approximate surface area is 106 Å². The number of piperidine rings is 1. The summed E-state index contributed by atoms with van der Waals surface area (Å²) in [6.07, 6.45) is 1.25. The van der Waals surface area contributed by atoms with E-state index < -0.39 is 0 Å². The highest BCUT2D eigenvalue weighted by Gasteiger charge is 2.25. The number of nitriles is 1. The van der Waals surface area contributed by atoms with Crippen molar-refractivity contribution in [1.82, 2.24) is 4.90 Å². The van der Waals surface area contributed by atoms with Crippen LogP contribution in [0.4, 0.5) is 0 Å². The number of nitrogens with zero attached hydrogens (tertiary/aromatic N) is 2. The monoisotopic (exact) mass is 250 g/mol. The van der Waals surface area contributed by atoms with Crippen molar-refractivity contribution in [1.29, 1.82) is 5.26 Å². The van der Waals surface area contributed by atoms with Gasteiger partial charge in [-0.05, 0) is 30.5 Å². The van der Waals surface area contributed by atoms with E-state index in [2.05, 4.69) is 11.0 Å². The zero-order valence-electron chi connectivity index (χ0n) is 9.51. The van der Waals surface area contributed by atoms with Crippen LogP contribution in [0.3, 0.4) is 0 Å². The van der Waals surface area contributed by atoms with Crippen molar-refractivity contribution in [3.63, 3.8) is 0 Å². The van der Waals surface area contributed by atoms with Gasteiger partial charge in [0.15, 0.2) is 0 Å². The van der Waals surface area contributed by atoms with Crippen LogP contribution in [0.1, 0.15) is 24.4 Å². The third-order valence-electron chi connectivity index (χ3n) is 3.15. The van der Waals surface area contributed by atoms with Crippen LogP contribution in [0.25, 0.3) is 0 Å². The Hall–Kier alpha value is -1.08. The number of halogens is 1. The molecule has 4 heteroatoms. The average Bonchev–Trinajstić information content (AvgIpc) is 2.33. The van der Waals surface area contributed by atoms with Crippen LogP contribution in [0.15, 0.2) is 24.3 Å². The maximum Gasteiger partial charge on any atom is 0.123 e. The van der Waals surface area contributed by atoms with E-state index in [-0.39, 0.29) is 12.1 Å². The highest BCUT2D eigenvalue weighted by molar-refractivity contribution is 6.30. The molecule has 1 saturated heterocycles. The van der Waals surface area contributed by atoms with E-state index in [1.54, 1.807) is 6.07 Å². The van der Waals surface area contributed by atoms with Crippen LogP contribution in [0.5, 0.6) is 0 Å². The lowest BCUT2D eigenvalue weighted by Crippen LogP contribution is -2.38. The average molecular weight is 251 g/mol. The second-order valence-electron chi connectivity index (χ2n) is 4.35. The molecule has 17 heavy (non-hydrogen) atoms. The summed E-state index contributed by atoms with van der Waals surface area (Å²) >= 11 is 5.94. The fourth-order valence-electron chi connectivity index (χ4n) is 2.19. The summed E-state index contributed by atoms with van der Waals surface area (Å²) in [7, 11) is 0. The summed E-state index contributed by atoms with van der Waals surface area (Å²) in [5, 5.41) is 19.4. The Morgan fingerprint density at radius 2 is 2.12 bits per heavy atom. The highest BCUT2D eigenvalue weighted by atomic mass is 35.5. The van der Waals surface area contributed by atoms with Gasteiger partial charge in [-0.15, -0.1) is 0 Å². The van der Waals surface area contributed by atoms with Gasteiger partial charge in [0.05, 0.1) is 12.2 Å². The fourth-order valence-corrected chi connectivity index (χ4v) is 2.39. The standard InChI is InChI=1S/C13H15ClN2O/c14-11-3-1-2-10(8-11)13(9-15)16-6-4-12(17)5-7-16/h1-3,8,12-13,17H,4-7H2. The first kappa shape index (κ1) is 12.4. The Morgan fingerprint density at radius 3 is 2.71 bits per heavy atom. The molecule has 0 aliphatic carbocycles. The Morgan fingerprint density at radius 1 is 1.41 bits per heavy atom. The topological polar surface area (TPSA) is 47.3 Å². The van der Waals surface area contributed by atoms with Crippen LogP contribution < -0.4 is 0 Å². The zero-order valence-corrected chi connectivity index (χ0v) is 10.3. The van der Waals surface area contributed by atoms with Gasteiger partial charge in [-0.25, -0.2) is 0 Å². The number of aliphatic hydroxyl groups is 1. The van der Waals surface area contributed by atoms with Gasteiger partial charge in [0.1, 0.15) is 6.04 Å². The van der Waals surface area contributed by atoms with Crippen LogP contribution in [-0.4, -0.2) is 29.2 Å². The molecule has 1 aromatic rings. The molecule has 0 saturated carbocycles. The molecule has 90 valence electrons. The molecule has 2 rings (SSSR count). The lowest BCUT2D eigenvalue weighted by molar-refractivity contribution is 0.0716. The van der Waals surface area contributed by atoms with Crippen LogP contribution in [0, 0.1) is 11.3 Å². The van der Waals surface area contributed by atoms with E-state index in [0.29, 0.717) is 5.02 Å². The van der Waals surface area contributed by atoms with Crippen molar-refractivity contribution in [3.05, 3.63) is 34.9 Å².